The monoisotopic (exact) mass is 583 g/mol. The van der Waals surface area contributed by atoms with Crippen LogP contribution in [0.2, 0.25) is 5.02 Å². The van der Waals surface area contributed by atoms with Crippen LogP contribution in [-0.4, -0.2) is 70.8 Å². The van der Waals surface area contributed by atoms with E-state index in [-0.39, 0.29) is 24.2 Å². The molecule has 2 aromatic carbocycles. The summed E-state index contributed by atoms with van der Waals surface area (Å²) < 4.78 is 24.5. The van der Waals surface area contributed by atoms with Crippen LogP contribution < -0.4 is 15.4 Å². The number of aliphatic hydroxyl groups is 1. The van der Waals surface area contributed by atoms with Crippen LogP contribution in [0, 0.1) is 5.82 Å². The lowest BCUT2D eigenvalue weighted by Gasteiger charge is -2.26. The molecule has 0 aliphatic carbocycles. The Morgan fingerprint density at radius 2 is 2.05 bits per heavy atom. The van der Waals surface area contributed by atoms with Crippen molar-refractivity contribution in [3.05, 3.63) is 70.1 Å². The number of hydrogen-bond donors (Lipinski definition) is 3. The Bertz CT molecular complexity index is 1450. The topological polar surface area (TPSA) is 126 Å². The summed E-state index contributed by atoms with van der Waals surface area (Å²) in [6.45, 7) is 2.73. The molecule has 0 spiro atoms. The van der Waals surface area contributed by atoms with Gasteiger partial charge in [0.2, 0.25) is 11.9 Å². The lowest BCUT2D eigenvalue weighted by atomic mass is 10.0. The van der Waals surface area contributed by atoms with Crippen LogP contribution in [0.15, 0.2) is 42.6 Å². The Hall–Kier alpha value is -3.80. The summed E-state index contributed by atoms with van der Waals surface area (Å²) in [4.78, 5) is 37.0. The first-order valence-electron chi connectivity index (χ1n) is 13.3. The van der Waals surface area contributed by atoms with Crippen LogP contribution in [0.25, 0.3) is 11.3 Å². The fourth-order valence-corrected chi connectivity index (χ4v) is 5.22. The third-order valence-electron chi connectivity index (χ3n) is 7.39. The van der Waals surface area contributed by atoms with Crippen LogP contribution in [0.3, 0.4) is 0 Å². The predicted octanol–water partition coefficient (Wildman–Crippen LogP) is 3.73. The zero-order chi connectivity index (χ0) is 29.1. The minimum Gasteiger partial charge on any atom is -0.497 e. The number of halogens is 2. The van der Waals surface area contributed by atoms with E-state index in [2.05, 4.69) is 20.6 Å². The van der Waals surface area contributed by atoms with Crippen LogP contribution in [0.4, 0.5) is 10.3 Å². The largest absolute Gasteiger partial charge is 0.497 e. The van der Waals surface area contributed by atoms with Gasteiger partial charge in [0.25, 0.3) is 5.91 Å². The van der Waals surface area contributed by atoms with Crippen molar-refractivity contribution in [3.8, 4) is 17.0 Å². The summed E-state index contributed by atoms with van der Waals surface area (Å²) in [6.07, 6.45) is 3.24. The number of rotatable bonds is 9. The average molecular weight is 584 g/mol. The number of carbonyl (C=O) groups is 2. The van der Waals surface area contributed by atoms with Gasteiger partial charge in [-0.25, -0.2) is 14.4 Å². The molecule has 1 aromatic heterocycles. The van der Waals surface area contributed by atoms with Crippen LogP contribution in [0.5, 0.6) is 5.75 Å². The number of aromatic nitrogens is 2. The number of hydrogen-bond acceptors (Lipinski definition) is 8. The molecular formula is C29H31ClFN5O5. The van der Waals surface area contributed by atoms with Crippen molar-refractivity contribution in [2.45, 2.75) is 44.4 Å². The number of ether oxygens (including phenoxy) is 2. The molecule has 1 unspecified atom stereocenters. The second kappa shape index (κ2) is 12.4. The van der Waals surface area contributed by atoms with E-state index >= 15 is 0 Å². The second-order valence-electron chi connectivity index (χ2n) is 10.1. The minimum absolute atomic E-state index is 0.203. The molecule has 2 atom stereocenters. The SMILES string of the molecule is COc1cc(F)cc([C@@H](CO)NC(=O)C(C)N2Cc3ccc(-c4nc(NC5CCOCC5)ncc4Cl)cc3C2=O)c1. The summed E-state index contributed by atoms with van der Waals surface area (Å²) in [6, 6.07) is 7.81. The zero-order valence-corrected chi connectivity index (χ0v) is 23.4. The molecule has 1 saturated heterocycles. The number of benzene rings is 2. The third-order valence-corrected chi connectivity index (χ3v) is 7.67. The lowest BCUT2D eigenvalue weighted by molar-refractivity contribution is -0.126. The quantitative estimate of drug-likeness (QED) is 0.348. The zero-order valence-electron chi connectivity index (χ0n) is 22.7. The average Bonchev–Trinajstić information content (AvgIpc) is 3.31. The molecule has 5 rings (SSSR count). The first-order chi connectivity index (χ1) is 19.8. The van der Waals surface area contributed by atoms with Crippen LogP contribution >= 0.6 is 11.6 Å². The number of methoxy groups -OCH3 is 1. The van der Waals surface area contributed by atoms with Crippen molar-refractivity contribution >= 4 is 29.4 Å². The standard InChI is InChI=1S/C29H31ClFN5O5/c1-16(27(38)34-25(15-37)19-9-20(31)12-22(10-19)40-2)36-14-18-4-3-17(11-23(18)28(36)39)26-24(30)13-32-29(35-26)33-21-5-7-41-8-6-21/h3-4,9-13,16,21,25,37H,5-8,14-15H2,1-2H3,(H,34,38)(H,32,33,35)/t16?,25-/m1/s1. The Balaban J connectivity index is 1.31. The van der Waals surface area contributed by atoms with Gasteiger partial charge >= 0.3 is 0 Å². The van der Waals surface area contributed by atoms with E-state index in [0.29, 0.717) is 46.6 Å². The number of nitrogens with zero attached hydrogens (tertiary/aromatic N) is 3. The molecule has 0 bridgehead atoms. The van der Waals surface area contributed by atoms with Crippen molar-refractivity contribution in [1.29, 1.82) is 0 Å². The molecule has 3 aromatic rings. The van der Waals surface area contributed by atoms with Crippen molar-refractivity contribution in [2.75, 3.05) is 32.2 Å². The fraction of sp³-hybridized carbons (Fsp3) is 0.379. The highest BCUT2D eigenvalue weighted by molar-refractivity contribution is 6.33. The van der Waals surface area contributed by atoms with Gasteiger partial charge in [-0.05, 0) is 49.1 Å². The van der Waals surface area contributed by atoms with Gasteiger partial charge in [0, 0.05) is 43.0 Å². The third kappa shape index (κ3) is 6.27. The first kappa shape index (κ1) is 28.7. The first-order valence-corrected chi connectivity index (χ1v) is 13.7. The molecule has 1 fully saturated rings. The van der Waals surface area contributed by atoms with Gasteiger partial charge in [-0.1, -0.05) is 23.7 Å². The lowest BCUT2D eigenvalue weighted by Crippen LogP contribution is -2.46. The number of fused-ring (bicyclic) bond motifs is 1. The molecule has 10 nitrogen and oxygen atoms in total. The molecule has 41 heavy (non-hydrogen) atoms. The Morgan fingerprint density at radius 1 is 1.27 bits per heavy atom. The second-order valence-corrected chi connectivity index (χ2v) is 10.5. The van der Waals surface area contributed by atoms with E-state index in [0.717, 1.165) is 18.4 Å². The van der Waals surface area contributed by atoms with Crippen molar-refractivity contribution < 1.29 is 28.6 Å². The van der Waals surface area contributed by atoms with E-state index in [1.807, 2.05) is 12.1 Å². The molecular weight excluding hydrogens is 553 g/mol. The number of aliphatic hydroxyl groups excluding tert-OH is 1. The summed E-state index contributed by atoms with van der Waals surface area (Å²) in [5.41, 5.74) is 2.70. The molecule has 216 valence electrons. The number of carbonyl (C=O) groups excluding carboxylic acids is 2. The number of nitrogens with one attached hydrogen (secondary N) is 2. The van der Waals surface area contributed by atoms with Crippen molar-refractivity contribution in [1.82, 2.24) is 20.2 Å². The van der Waals surface area contributed by atoms with Gasteiger partial charge in [-0.15, -0.1) is 0 Å². The molecule has 3 N–H and O–H groups in total. The molecule has 0 saturated carbocycles. The highest BCUT2D eigenvalue weighted by Gasteiger charge is 2.35. The Morgan fingerprint density at radius 3 is 2.78 bits per heavy atom. The Labute approximate surface area is 241 Å². The van der Waals surface area contributed by atoms with E-state index in [1.165, 1.54) is 36.4 Å². The molecule has 2 aliphatic rings. The fourth-order valence-electron chi connectivity index (χ4n) is 5.02. The maximum absolute atomic E-state index is 14.0. The normalized spacial score (nSPS) is 16.7. The molecule has 12 heteroatoms. The van der Waals surface area contributed by atoms with Gasteiger partial charge in [0.05, 0.1) is 36.7 Å². The molecule has 2 aliphatic heterocycles. The van der Waals surface area contributed by atoms with E-state index in [9.17, 15) is 19.1 Å². The van der Waals surface area contributed by atoms with Gasteiger partial charge in [0.1, 0.15) is 17.6 Å². The van der Waals surface area contributed by atoms with Gasteiger partial charge in [0.15, 0.2) is 0 Å². The maximum atomic E-state index is 14.0. The van der Waals surface area contributed by atoms with Gasteiger partial charge < -0.3 is 30.1 Å². The summed E-state index contributed by atoms with van der Waals surface area (Å²) in [5, 5.41) is 16.3. The van der Waals surface area contributed by atoms with Crippen LogP contribution in [-0.2, 0) is 16.1 Å². The highest BCUT2D eigenvalue weighted by atomic mass is 35.5. The molecule has 3 heterocycles. The summed E-state index contributed by atoms with van der Waals surface area (Å²) >= 11 is 6.45. The maximum Gasteiger partial charge on any atom is 0.255 e. The van der Waals surface area contributed by atoms with Crippen molar-refractivity contribution in [3.63, 3.8) is 0 Å². The van der Waals surface area contributed by atoms with Crippen molar-refractivity contribution in [2.24, 2.45) is 0 Å². The van der Waals surface area contributed by atoms with E-state index < -0.39 is 30.4 Å². The Kier molecular flexibility index (Phi) is 8.67. The smallest absolute Gasteiger partial charge is 0.255 e. The minimum atomic E-state index is -0.884. The van der Waals surface area contributed by atoms with Gasteiger partial charge in [-0.2, -0.15) is 0 Å². The highest BCUT2D eigenvalue weighted by Crippen LogP contribution is 2.32. The summed E-state index contributed by atoms with van der Waals surface area (Å²) in [7, 11) is 1.40. The summed E-state index contributed by atoms with van der Waals surface area (Å²) in [5.74, 6) is -0.655. The number of anilines is 1. The number of amides is 2. The predicted molar refractivity (Wildman–Crippen MR) is 150 cm³/mol. The van der Waals surface area contributed by atoms with E-state index in [4.69, 9.17) is 21.1 Å². The van der Waals surface area contributed by atoms with Gasteiger partial charge in [-0.3, -0.25) is 9.59 Å². The molecule has 0 radical (unpaired) electrons. The van der Waals surface area contributed by atoms with E-state index in [1.54, 1.807) is 13.0 Å². The van der Waals surface area contributed by atoms with Crippen LogP contribution in [0.1, 0.15) is 47.3 Å². The molecule has 2 amide bonds.